The Morgan fingerprint density at radius 3 is 2.54 bits per heavy atom. The Morgan fingerprint density at radius 2 is 1.69 bits per heavy atom. The van der Waals surface area contributed by atoms with Gasteiger partial charge in [-0.25, -0.2) is 15.0 Å². The van der Waals surface area contributed by atoms with E-state index in [1.54, 1.807) is 0 Å². The van der Waals surface area contributed by atoms with E-state index in [-0.39, 0.29) is 0 Å². The molecule has 0 radical (unpaired) electrons. The lowest BCUT2D eigenvalue weighted by Crippen LogP contribution is -1.98. The number of pyridine rings is 1. The van der Waals surface area contributed by atoms with Crippen LogP contribution in [-0.4, -0.2) is 21.6 Å². The molecule has 0 atom stereocenters. The average Bonchev–Trinajstić information content (AvgIpc) is 2.67. The molecule has 0 saturated heterocycles. The number of ether oxygens (including phenoxy) is 1. The molecule has 0 spiro atoms. The summed E-state index contributed by atoms with van der Waals surface area (Å²) < 4.78 is 5.65. The van der Waals surface area contributed by atoms with Gasteiger partial charge in [-0.15, -0.1) is 0 Å². The smallest absolute Gasteiger partial charge is 0.179 e. The zero-order valence-electron chi connectivity index (χ0n) is 14.8. The van der Waals surface area contributed by atoms with E-state index >= 15 is 0 Å². The maximum Gasteiger partial charge on any atom is 0.179 e. The molecule has 2 heterocycles. The Balaban J connectivity index is 1.94. The number of hydrogen-bond acceptors (Lipinski definition) is 4. The second kappa shape index (κ2) is 6.92. The summed E-state index contributed by atoms with van der Waals surface area (Å²) in [6, 6.07) is 21.9. The van der Waals surface area contributed by atoms with Gasteiger partial charge in [0, 0.05) is 16.6 Å². The molecule has 26 heavy (non-hydrogen) atoms. The summed E-state index contributed by atoms with van der Waals surface area (Å²) in [6.45, 7) is 4.58. The van der Waals surface area contributed by atoms with Crippen molar-refractivity contribution in [2.75, 3.05) is 6.61 Å². The Labute approximate surface area is 152 Å². The molecule has 128 valence electrons. The number of aryl methyl sites for hydroxylation is 1. The van der Waals surface area contributed by atoms with E-state index in [4.69, 9.17) is 14.7 Å². The van der Waals surface area contributed by atoms with Crippen LogP contribution in [0.3, 0.4) is 0 Å². The fourth-order valence-corrected chi connectivity index (χ4v) is 2.98. The summed E-state index contributed by atoms with van der Waals surface area (Å²) in [5, 5.41) is 1.01. The molecule has 2 aromatic carbocycles. The van der Waals surface area contributed by atoms with Gasteiger partial charge in [-0.05, 0) is 44.2 Å². The zero-order valence-corrected chi connectivity index (χ0v) is 14.8. The van der Waals surface area contributed by atoms with E-state index in [0.29, 0.717) is 12.4 Å². The van der Waals surface area contributed by atoms with Gasteiger partial charge in [0.1, 0.15) is 11.4 Å². The average molecular weight is 341 g/mol. The van der Waals surface area contributed by atoms with Crippen LogP contribution >= 0.6 is 0 Å². The second-order valence-corrected chi connectivity index (χ2v) is 6.04. The molecule has 2 aromatic heterocycles. The van der Waals surface area contributed by atoms with Crippen LogP contribution in [0.4, 0.5) is 0 Å². The molecule has 0 aliphatic carbocycles. The predicted octanol–water partition coefficient (Wildman–Crippen LogP) is 5.07. The van der Waals surface area contributed by atoms with Crippen LogP contribution in [0.1, 0.15) is 12.6 Å². The van der Waals surface area contributed by atoms with Gasteiger partial charge in [0.25, 0.3) is 0 Å². The van der Waals surface area contributed by atoms with Crippen LogP contribution in [0.5, 0.6) is 5.75 Å². The fourth-order valence-electron chi connectivity index (χ4n) is 2.98. The van der Waals surface area contributed by atoms with Crippen molar-refractivity contribution >= 4 is 10.9 Å². The molecule has 0 fully saturated rings. The van der Waals surface area contributed by atoms with Crippen molar-refractivity contribution in [3.63, 3.8) is 0 Å². The number of fused-ring (bicyclic) bond motifs is 1. The monoisotopic (exact) mass is 341 g/mol. The van der Waals surface area contributed by atoms with E-state index in [9.17, 15) is 0 Å². The Hall–Kier alpha value is -3.27. The predicted molar refractivity (Wildman–Crippen MR) is 104 cm³/mol. The molecule has 0 aliphatic rings. The first-order chi connectivity index (χ1) is 12.7. The van der Waals surface area contributed by atoms with Gasteiger partial charge in [0.05, 0.1) is 17.8 Å². The second-order valence-electron chi connectivity index (χ2n) is 6.04. The van der Waals surface area contributed by atoms with Gasteiger partial charge in [-0.1, -0.05) is 36.4 Å². The molecular formula is C22H19N3O. The highest BCUT2D eigenvalue weighted by Crippen LogP contribution is 2.30. The van der Waals surface area contributed by atoms with Crippen molar-refractivity contribution < 1.29 is 4.74 Å². The number of benzene rings is 2. The summed E-state index contributed by atoms with van der Waals surface area (Å²) >= 11 is 0. The lowest BCUT2D eigenvalue weighted by Gasteiger charge is -2.10. The lowest BCUT2D eigenvalue weighted by atomic mass is 10.1. The molecule has 4 heteroatoms. The largest absolute Gasteiger partial charge is 0.494 e. The SMILES string of the molecule is CCOc1cccc(-c2nc(-c3cccc(C)n3)nc3ccccc23)c1. The molecule has 0 amide bonds. The fraction of sp³-hybridized carbons (Fsp3) is 0.136. The minimum atomic E-state index is 0.629. The number of rotatable bonds is 4. The van der Waals surface area contributed by atoms with E-state index in [1.807, 2.05) is 80.6 Å². The first-order valence-electron chi connectivity index (χ1n) is 8.68. The standard InChI is InChI=1S/C22H19N3O/c1-3-26-17-10-7-9-16(14-17)21-18-11-4-5-12-19(18)24-22(25-21)20-13-6-8-15(2)23-20/h4-14H,3H2,1-2H3. The van der Waals surface area contributed by atoms with Crippen molar-refractivity contribution in [3.8, 4) is 28.5 Å². The number of aromatic nitrogens is 3. The highest BCUT2D eigenvalue weighted by atomic mass is 16.5. The molecular weight excluding hydrogens is 322 g/mol. The van der Waals surface area contributed by atoms with Crippen molar-refractivity contribution in [3.05, 3.63) is 72.4 Å². The van der Waals surface area contributed by atoms with Crippen LogP contribution < -0.4 is 4.74 Å². The molecule has 0 N–H and O–H groups in total. The highest BCUT2D eigenvalue weighted by Gasteiger charge is 2.12. The number of nitrogens with zero attached hydrogens (tertiary/aromatic N) is 3. The first kappa shape index (κ1) is 16.2. The van der Waals surface area contributed by atoms with Gasteiger partial charge in [-0.2, -0.15) is 0 Å². The maximum absolute atomic E-state index is 5.65. The Kier molecular flexibility index (Phi) is 4.32. The molecule has 4 rings (SSSR count). The third kappa shape index (κ3) is 3.14. The van der Waals surface area contributed by atoms with Crippen LogP contribution in [-0.2, 0) is 0 Å². The molecule has 0 aliphatic heterocycles. The van der Waals surface area contributed by atoms with E-state index in [1.165, 1.54) is 0 Å². The maximum atomic E-state index is 5.65. The van der Waals surface area contributed by atoms with Gasteiger partial charge in [-0.3, -0.25) is 0 Å². The molecule has 0 bridgehead atoms. The van der Waals surface area contributed by atoms with Crippen LogP contribution in [0.2, 0.25) is 0 Å². The summed E-state index contributed by atoms with van der Waals surface area (Å²) in [6.07, 6.45) is 0. The first-order valence-corrected chi connectivity index (χ1v) is 8.68. The van der Waals surface area contributed by atoms with Crippen molar-refractivity contribution in [2.24, 2.45) is 0 Å². The molecule has 4 aromatic rings. The topological polar surface area (TPSA) is 47.9 Å². The van der Waals surface area contributed by atoms with Crippen molar-refractivity contribution in [1.29, 1.82) is 0 Å². The van der Waals surface area contributed by atoms with Crippen molar-refractivity contribution in [2.45, 2.75) is 13.8 Å². The summed E-state index contributed by atoms with van der Waals surface area (Å²) in [7, 11) is 0. The minimum absolute atomic E-state index is 0.629. The Bertz CT molecular complexity index is 1080. The van der Waals surface area contributed by atoms with Crippen LogP contribution in [0.15, 0.2) is 66.7 Å². The zero-order chi connectivity index (χ0) is 17.9. The molecule has 4 nitrogen and oxygen atoms in total. The van der Waals surface area contributed by atoms with E-state index < -0.39 is 0 Å². The Morgan fingerprint density at radius 1 is 0.846 bits per heavy atom. The highest BCUT2D eigenvalue weighted by molar-refractivity contribution is 5.93. The van der Waals surface area contributed by atoms with Crippen LogP contribution in [0, 0.1) is 6.92 Å². The number of para-hydroxylation sites is 1. The summed E-state index contributed by atoms with van der Waals surface area (Å²) in [5.74, 6) is 1.46. The third-order valence-corrected chi connectivity index (χ3v) is 4.14. The van der Waals surface area contributed by atoms with Gasteiger partial charge < -0.3 is 4.74 Å². The van der Waals surface area contributed by atoms with Crippen LogP contribution in [0.25, 0.3) is 33.7 Å². The van der Waals surface area contributed by atoms with Gasteiger partial charge in [0.15, 0.2) is 5.82 Å². The van der Waals surface area contributed by atoms with Gasteiger partial charge in [0.2, 0.25) is 0 Å². The molecule has 0 unspecified atom stereocenters. The lowest BCUT2D eigenvalue weighted by molar-refractivity contribution is 0.340. The molecule has 0 saturated carbocycles. The van der Waals surface area contributed by atoms with Gasteiger partial charge >= 0.3 is 0 Å². The van der Waals surface area contributed by atoms with E-state index in [0.717, 1.165) is 39.3 Å². The van der Waals surface area contributed by atoms with E-state index in [2.05, 4.69) is 4.98 Å². The normalized spacial score (nSPS) is 10.8. The summed E-state index contributed by atoms with van der Waals surface area (Å²) in [5.41, 5.74) is 4.51. The quantitative estimate of drug-likeness (QED) is 0.520. The third-order valence-electron chi connectivity index (χ3n) is 4.14. The van der Waals surface area contributed by atoms with Crippen molar-refractivity contribution in [1.82, 2.24) is 15.0 Å². The minimum Gasteiger partial charge on any atom is -0.494 e. The summed E-state index contributed by atoms with van der Waals surface area (Å²) in [4.78, 5) is 14.2. The number of hydrogen-bond donors (Lipinski definition) is 0.